The van der Waals surface area contributed by atoms with E-state index in [1.54, 1.807) is 6.20 Å². The van der Waals surface area contributed by atoms with E-state index in [4.69, 9.17) is 0 Å². The zero-order valence-corrected chi connectivity index (χ0v) is 15.1. The first-order valence-corrected chi connectivity index (χ1v) is 8.90. The highest BCUT2D eigenvalue weighted by Gasteiger charge is 2.30. The molecule has 0 aliphatic heterocycles. The van der Waals surface area contributed by atoms with E-state index in [0.29, 0.717) is 11.7 Å². The average Bonchev–Trinajstić information content (AvgIpc) is 2.52. The van der Waals surface area contributed by atoms with Crippen molar-refractivity contribution in [3.63, 3.8) is 0 Å². The molecule has 1 atom stereocenters. The van der Waals surface area contributed by atoms with Crippen molar-refractivity contribution < 1.29 is 9.59 Å². The highest BCUT2D eigenvalue weighted by Crippen LogP contribution is 2.28. The van der Waals surface area contributed by atoms with Crippen LogP contribution in [0.4, 0.5) is 5.82 Å². The number of pyridine rings is 1. The largest absolute Gasteiger partial charge is 0.344 e. The van der Waals surface area contributed by atoms with Gasteiger partial charge in [0.1, 0.15) is 11.9 Å². The van der Waals surface area contributed by atoms with Gasteiger partial charge in [-0.25, -0.2) is 4.98 Å². The number of hydrogen-bond acceptors (Lipinski definition) is 3. The van der Waals surface area contributed by atoms with Gasteiger partial charge in [-0.05, 0) is 62.1 Å². The molecule has 5 heteroatoms. The molecular weight excluding hydrogens is 302 g/mol. The molecule has 2 amide bonds. The fraction of sp³-hybridized carbons (Fsp3) is 0.632. The molecule has 2 N–H and O–H groups in total. The summed E-state index contributed by atoms with van der Waals surface area (Å²) in [5, 5.41) is 5.77. The molecule has 1 heterocycles. The number of carbonyl (C=O) groups excluding carboxylic acids is 2. The average molecular weight is 331 g/mol. The summed E-state index contributed by atoms with van der Waals surface area (Å²) < 4.78 is 0. The Morgan fingerprint density at radius 3 is 2.46 bits per heavy atom. The first kappa shape index (κ1) is 18.4. The molecule has 1 saturated carbocycles. The first-order chi connectivity index (χ1) is 11.4. The van der Waals surface area contributed by atoms with E-state index < -0.39 is 6.04 Å². The maximum atomic E-state index is 12.6. The second-order valence-electron chi connectivity index (χ2n) is 7.39. The predicted molar refractivity (Wildman–Crippen MR) is 95.5 cm³/mol. The monoisotopic (exact) mass is 331 g/mol. The molecule has 1 fully saturated rings. The number of aryl methyl sites for hydroxylation is 1. The summed E-state index contributed by atoms with van der Waals surface area (Å²) in [5.74, 6) is 1.07. The number of nitrogens with zero attached hydrogens (tertiary/aromatic N) is 1. The van der Waals surface area contributed by atoms with Crippen LogP contribution in [0, 0.1) is 24.7 Å². The standard InChI is InChI=1S/C19H29N3O2/c1-12(2)17(19(24)21-16-11-14(4)9-10-20-16)22-18(23)15-7-5-13(3)6-8-15/h9-13,15,17H,5-8H2,1-4H3,(H,22,23)(H,20,21,24). The predicted octanol–water partition coefficient (Wildman–Crippen LogP) is 3.30. The lowest BCUT2D eigenvalue weighted by Crippen LogP contribution is -2.49. The Morgan fingerprint density at radius 2 is 1.88 bits per heavy atom. The van der Waals surface area contributed by atoms with E-state index in [1.165, 1.54) is 0 Å². The van der Waals surface area contributed by atoms with Gasteiger partial charge in [-0.2, -0.15) is 0 Å². The Bertz CT molecular complexity index is 578. The fourth-order valence-corrected chi connectivity index (χ4v) is 3.14. The lowest BCUT2D eigenvalue weighted by molar-refractivity contribution is -0.131. The molecule has 0 saturated heterocycles. The van der Waals surface area contributed by atoms with Crippen molar-refractivity contribution in [3.8, 4) is 0 Å². The van der Waals surface area contributed by atoms with Crippen LogP contribution in [0.2, 0.25) is 0 Å². The summed E-state index contributed by atoms with van der Waals surface area (Å²) in [6.45, 7) is 8.06. The number of anilines is 1. The summed E-state index contributed by atoms with van der Waals surface area (Å²) in [5.41, 5.74) is 1.03. The van der Waals surface area contributed by atoms with Gasteiger partial charge in [-0.3, -0.25) is 9.59 Å². The molecule has 132 valence electrons. The number of nitrogens with one attached hydrogen (secondary N) is 2. The summed E-state index contributed by atoms with van der Waals surface area (Å²) >= 11 is 0. The fourth-order valence-electron chi connectivity index (χ4n) is 3.14. The highest BCUT2D eigenvalue weighted by molar-refractivity contribution is 5.97. The molecule has 0 spiro atoms. The van der Waals surface area contributed by atoms with Gasteiger partial charge in [0, 0.05) is 12.1 Å². The van der Waals surface area contributed by atoms with Crippen molar-refractivity contribution in [1.29, 1.82) is 0 Å². The van der Waals surface area contributed by atoms with Crippen molar-refractivity contribution in [2.75, 3.05) is 5.32 Å². The van der Waals surface area contributed by atoms with Crippen LogP contribution in [0.5, 0.6) is 0 Å². The topological polar surface area (TPSA) is 71.1 Å². The Labute approximate surface area is 144 Å². The maximum absolute atomic E-state index is 12.6. The van der Waals surface area contributed by atoms with Crippen LogP contribution in [0.3, 0.4) is 0 Å². The molecule has 1 aromatic heterocycles. The summed E-state index contributed by atoms with van der Waals surface area (Å²) in [7, 11) is 0. The van der Waals surface area contributed by atoms with Crippen LogP contribution >= 0.6 is 0 Å². The number of hydrogen-bond donors (Lipinski definition) is 2. The van der Waals surface area contributed by atoms with E-state index in [2.05, 4.69) is 22.5 Å². The van der Waals surface area contributed by atoms with E-state index in [0.717, 1.165) is 31.2 Å². The molecule has 1 aromatic rings. The van der Waals surface area contributed by atoms with E-state index in [9.17, 15) is 9.59 Å². The minimum atomic E-state index is -0.542. The van der Waals surface area contributed by atoms with Crippen molar-refractivity contribution >= 4 is 17.6 Å². The SMILES string of the molecule is Cc1ccnc(NC(=O)C(NC(=O)C2CCC(C)CC2)C(C)C)c1. The van der Waals surface area contributed by atoms with E-state index in [-0.39, 0.29) is 23.7 Å². The Hall–Kier alpha value is -1.91. The normalized spacial score (nSPS) is 22.0. The van der Waals surface area contributed by atoms with Gasteiger partial charge in [0.05, 0.1) is 0 Å². The Morgan fingerprint density at radius 1 is 1.21 bits per heavy atom. The highest BCUT2D eigenvalue weighted by atomic mass is 16.2. The van der Waals surface area contributed by atoms with Crippen LogP contribution in [0.15, 0.2) is 18.3 Å². The second-order valence-corrected chi connectivity index (χ2v) is 7.39. The number of carbonyl (C=O) groups is 2. The lowest BCUT2D eigenvalue weighted by atomic mass is 9.82. The molecule has 5 nitrogen and oxygen atoms in total. The van der Waals surface area contributed by atoms with Gasteiger partial charge in [0.25, 0.3) is 0 Å². The van der Waals surface area contributed by atoms with Gasteiger partial charge in [0.15, 0.2) is 0 Å². The molecule has 0 aromatic carbocycles. The minimum absolute atomic E-state index is 0.00736. The minimum Gasteiger partial charge on any atom is -0.344 e. The third-order valence-electron chi connectivity index (χ3n) is 4.80. The number of aromatic nitrogens is 1. The molecule has 0 radical (unpaired) electrons. The van der Waals surface area contributed by atoms with Crippen molar-refractivity contribution in [3.05, 3.63) is 23.9 Å². The van der Waals surface area contributed by atoms with E-state index in [1.807, 2.05) is 32.9 Å². The quantitative estimate of drug-likeness (QED) is 0.869. The van der Waals surface area contributed by atoms with Gasteiger partial charge in [0.2, 0.25) is 11.8 Å². The third-order valence-corrected chi connectivity index (χ3v) is 4.80. The molecule has 1 aliphatic carbocycles. The second kappa shape index (κ2) is 8.27. The number of rotatable bonds is 5. The molecular formula is C19H29N3O2. The lowest BCUT2D eigenvalue weighted by Gasteiger charge is -2.28. The van der Waals surface area contributed by atoms with Gasteiger partial charge >= 0.3 is 0 Å². The van der Waals surface area contributed by atoms with Crippen molar-refractivity contribution in [2.24, 2.45) is 17.8 Å². The van der Waals surface area contributed by atoms with Gasteiger partial charge in [-0.15, -0.1) is 0 Å². The zero-order valence-electron chi connectivity index (χ0n) is 15.1. The smallest absolute Gasteiger partial charge is 0.248 e. The first-order valence-electron chi connectivity index (χ1n) is 8.90. The summed E-state index contributed by atoms with van der Waals surface area (Å²) in [6, 6.07) is 3.15. The maximum Gasteiger partial charge on any atom is 0.248 e. The third kappa shape index (κ3) is 5.05. The molecule has 1 unspecified atom stereocenters. The molecule has 0 bridgehead atoms. The Balaban J connectivity index is 1.98. The van der Waals surface area contributed by atoms with E-state index >= 15 is 0 Å². The van der Waals surface area contributed by atoms with Crippen molar-refractivity contribution in [1.82, 2.24) is 10.3 Å². The molecule has 24 heavy (non-hydrogen) atoms. The van der Waals surface area contributed by atoms with Crippen LogP contribution in [-0.2, 0) is 9.59 Å². The molecule has 2 rings (SSSR count). The Kier molecular flexibility index (Phi) is 6.35. The summed E-state index contributed by atoms with van der Waals surface area (Å²) in [6.07, 6.45) is 5.67. The van der Waals surface area contributed by atoms with Crippen LogP contribution in [0.1, 0.15) is 52.0 Å². The van der Waals surface area contributed by atoms with Crippen LogP contribution in [-0.4, -0.2) is 22.8 Å². The molecule has 1 aliphatic rings. The van der Waals surface area contributed by atoms with Crippen molar-refractivity contribution in [2.45, 2.75) is 59.4 Å². The van der Waals surface area contributed by atoms with Gasteiger partial charge < -0.3 is 10.6 Å². The van der Waals surface area contributed by atoms with Crippen LogP contribution in [0.25, 0.3) is 0 Å². The van der Waals surface area contributed by atoms with Gasteiger partial charge in [-0.1, -0.05) is 20.8 Å². The number of amides is 2. The zero-order chi connectivity index (χ0) is 17.7. The van der Waals surface area contributed by atoms with Crippen LogP contribution < -0.4 is 10.6 Å². The summed E-state index contributed by atoms with van der Waals surface area (Å²) in [4.78, 5) is 29.2.